The lowest BCUT2D eigenvalue weighted by atomic mass is 10.0. The van der Waals surface area contributed by atoms with Crippen LogP contribution in [0.25, 0.3) is 10.8 Å². The Morgan fingerprint density at radius 2 is 1.58 bits per heavy atom. The van der Waals surface area contributed by atoms with E-state index in [1.807, 2.05) is 0 Å². The molecule has 2 aromatic rings. The Balaban J connectivity index is 2.55. The standard InChI is InChI=1S/C11H6N4O4/c16-14(17)8-3-1-6-10-7(13-5-12-6)2-4-9(11(8)10)15(18)19/h1-5H,(H,12,13). The first-order valence-corrected chi connectivity index (χ1v) is 5.27. The third-order valence-electron chi connectivity index (χ3n) is 2.91. The Bertz CT molecular complexity index is 749. The minimum Gasteiger partial charge on any atom is -0.346 e. The molecule has 2 aromatic carbocycles. The van der Waals surface area contributed by atoms with Gasteiger partial charge in [-0.05, 0) is 12.1 Å². The highest BCUT2D eigenvalue weighted by atomic mass is 16.6. The van der Waals surface area contributed by atoms with E-state index in [-0.39, 0.29) is 16.8 Å². The lowest BCUT2D eigenvalue weighted by molar-refractivity contribution is -0.390. The number of non-ortho nitro benzene ring substituents is 2. The van der Waals surface area contributed by atoms with Gasteiger partial charge >= 0.3 is 0 Å². The molecule has 94 valence electrons. The van der Waals surface area contributed by atoms with Gasteiger partial charge < -0.3 is 5.32 Å². The number of nitrogens with zero attached hydrogens (tertiary/aromatic N) is 3. The van der Waals surface area contributed by atoms with E-state index in [2.05, 4.69) is 10.3 Å². The van der Waals surface area contributed by atoms with Crippen LogP contribution in [0.1, 0.15) is 0 Å². The average molecular weight is 258 g/mol. The summed E-state index contributed by atoms with van der Waals surface area (Å²) < 4.78 is 0. The highest BCUT2D eigenvalue weighted by molar-refractivity contribution is 6.14. The van der Waals surface area contributed by atoms with Crippen LogP contribution in [0.4, 0.5) is 22.7 Å². The van der Waals surface area contributed by atoms with Crippen LogP contribution >= 0.6 is 0 Å². The van der Waals surface area contributed by atoms with Gasteiger partial charge in [0.15, 0.2) is 0 Å². The fourth-order valence-corrected chi connectivity index (χ4v) is 2.15. The van der Waals surface area contributed by atoms with Crippen LogP contribution in [-0.4, -0.2) is 16.2 Å². The van der Waals surface area contributed by atoms with Gasteiger partial charge in [-0.2, -0.15) is 0 Å². The van der Waals surface area contributed by atoms with Gasteiger partial charge in [0, 0.05) is 17.5 Å². The molecule has 0 saturated heterocycles. The van der Waals surface area contributed by atoms with Crippen molar-refractivity contribution in [1.29, 1.82) is 0 Å². The molecule has 0 atom stereocenters. The Kier molecular flexibility index (Phi) is 2.18. The van der Waals surface area contributed by atoms with Crippen molar-refractivity contribution in [3.8, 4) is 0 Å². The second-order valence-electron chi connectivity index (χ2n) is 3.90. The summed E-state index contributed by atoms with van der Waals surface area (Å²) in [7, 11) is 0. The summed E-state index contributed by atoms with van der Waals surface area (Å²) in [5.74, 6) is 0. The predicted molar refractivity (Wildman–Crippen MR) is 69.0 cm³/mol. The van der Waals surface area contributed by atoms with E-state index in [0.29, 0.717) is 16.8 Å². The molecule has 1 heterocycles. The third kappa shape index (κ3) is 1.50. The van der Waals surface area contributed by atoms with E-state index in [1.165, 1.54) is 30.6 Å². The second-order valence-corrected chi connectivity index (χ2v) is 3.90. The van der Waals surface area contributed by atoms with Crippen molar-refractivity contribution in [2.75, 3.05) is 5.32 Å². The van der Waals surface area contributed by atoms with E-state index in [0.717, 1.165) is 0 Å². The van der Waals surface area contributed by atoms with Gasteiger partial charge in [-0.25, -0.2) is 4.99 Å². The van der Waals surface area contributed by atoms with Gasteiger partial charge in [0.1, 0.15) is 5.39 Å². The molecule has 0 saturated carbocycles. The molecule has 0 fully saturated rings. The maximum Gasteiger partial charge on any atom is 0.284 e. The van der Waals surface area contributed by atoms with Crippen molar-refractivity contribution in [3.63, 3.8) is 0 Å². The Hall–Kier alpha value is -3.03. The molecule has 0 bridgehead atoms. The van der Waals surface area contributed by atoms with Gasteiger partial charge in [0.05, 0.1) is 27.6 Å². The van der Waals surface area contributed by atoms with Crippen LogP contribution in [0, 0.1) is 20.2 Å². The van der Waals surface area contributed by atoms with Gasteiger partial charge in [-0.3, -0.25) is 20.2 Å². The van der Waals surface area contributed by atoms with Crippen molar-refractivity contribution in [2.24, 2.45) is 4.99 Å². The quantitative estimate of drug-likeness (QED) is 0.657. The summed E-state index contributed by atoms with van der Waals surface area (Å²) >= 11 is 0. The molecule has 8 heteroatoms. The van der Waals surface area contributed by atoms with Crippen molar-refractivity contribution in [2.45, 2.75) is 0 Å². The maximum absolute atomic E-state index is 11.0. The molecule has 1 aliphatic heterocycles. The fourth-order valence-electron chi connectivity index (χ4n) is 2.15. The first-order valence-electron chi connectivity index (χ1n) is 5.27. The smallest absolute Gasteiger partial charge is 0.284 e. The van der Waals surface area contributed by atoms with Crippen LogP contribution < -0.4 is 5.32 Å². The SMILES string of the molecule is O=[N+]([O-])c1ccc2c3c(ccc([N+](=O)[O-])c13)NC=N2. The summed E-state index contributed by atoms with van der Waals surface area (Å²) in [6.07, 6.45) is 1.44. The number of anilines is 1. The first kappa shape index (κ1) is 11.1. The number of aliphatic imine (C=N–C) groups is 1. The number of hydrogen-bond donors (Lipinski definition) is 1. The topological polar surface area (TPSA) is 111 Å². The number of hydrogen-bond acceptors (Lipinski definition) is 6. The number of nitro benzene ring substituents is 2. The number of nitro groups is 2. The molecule has 0 spiro atoms. The fraction of sp³-hybridized carbons (Fsp3) is 0. The molecule has 0 aromatic heterocycles. The molecule has 0 amide bonds. The van der Waals surface area contributed by atoms with Crippen molar-refractivity contribution >= 4 is 39.9 Å². The Morgan fingerprint density at radius 1 is 0.947 bits per heavy atom. The highest BCUT2D eigenvalue weighted by Gasteiger charge is 2.26. The van der Waals surface area contributed by atoms with Crippen LogP contribution in [0.5, 0.6) is 0 Å². The third-order valence-corrected chi connectivity index (χ3v) is 2.91. The summed E-state index contributed by atoms with van der Waals surface area (Å²) in [6.45, 7) is 0. The van der Waals surface area contributed by atoms with Gasteiger partial charge in [0.2, 0.25) is 0 Å². The zero-order valence-corrected chi connectivity index (χ0v) is 9.36. The van der Waals surface area contributed by atoms with Crippen LogP contribution in [0.3, 0.4) is 0 Å². The van der Waals surface area contributed by atoms with Crippen molar-refractivity contribution in [3.05, 3.63) is 44.5 Å². The Labute approximate surface area is 105 Å². The molecule has 1 aliphatic rings. The van der Waals surface area contributed by atoms with E-state index in [1.54, 1.807) is 0 Å². The zero-order valence-electron chi connectivity index (χ0n) is 9.36. The number of benzene rings is 2. The lowest BCUT2D eigenvalue weighted by Gasteiger charge is -2.13. The normalized spacial score (nSPS) is 12.2. The minimum atomic E-state index is -0.631. The van der Waals surface area contributed by atoms with E-state index in [9.17, 15) is 20.2 Å². The van der Waals surface area contributed by atoms with Crippen LogP contribution in [-0.2, 0) is 0 Å². The lowest BCUT2D eigenvalue weighted by Crippen LogP contribution is -2.03. The summed E-state index contributed by atoms with van der Waals surface area (Å²) in [5, 5.41) is 25.3. The van der Waals surface area contributed by atoms with E-state index >= 15 is 0 Å². The molecular weight excluding hydrogens is 252 g/mol. The van der Waals surface area contributed by atoms with Crippen LogP contribution in [0.15, 0.2) is 29.3 Å². The van der Waals surface area contributed by atoms with Crippen molar-refractivity contribution in [1.82, 2.24) is 0 Å². The van der Waals surface area contributed by atoms with Crippen LogP contribution in [0.2, 0.25) is 0 Å². The monoisotopic (exact) mass is 258 g/mol. The van der Waals surface area contributed by atoms with Gasteiger partial charge in [0.25, 0.3) is 11.4 Å². The number of rotatable bonds is 2. The molecule has 3 rings (SSSR count). The highest BCUT2D eigenvalue weighted by Crippen LogP contribution is 2.43. The molecule has 0 aliphatic carbocycles. The average Bonchev–Trinajstić information content (AvgIpc) is 2.39. The molecule has 0 unspecified atom stereocenters. The summed E-state index contributed by atoms with van der Waals surface area (Å²) in [5.41, 5.74) is 0.435. The molecule has 0 radical (unpaired) electrons. The molecule has 8 nitrogen and oxygen atoms in total. The molecule has 1 N–H and O–H groups in total. The predicted octanol–water partition coefficient (Wildman–Crippen LogP) is 2.74. The van der Waals surface area contributed by atoms with Gasteiger partial charge in [-0.15, -0.1) is 0 Å². The molecule has 19 heavy (non-hydrogen) atoms. The van der Waals surface area contributed by atoms with E-state index < -0.39 is 9.85 Å². The minimum absolute atomic E-state index is 0.00523. The Morgan fingerprint density at radius 3 is 2.21 bits per heavy atom. The first-order chi connectivity index (χ1) is 9.09. The zero-order chi connectivity index (χ0) is 13.6. The summed E-state index contributed by atoms with van der Waals surface area (Å²) in [4.78, 5) is 24.9. The maximum atomic E-state index is 11.0. The van der Waals surface area contributed by atoms with Crippen molar-refractivity contribution < 1.29 is 9.85 Å². The number of nitrogens with one attached hydrogen (secondary N) is 1. The largest absolute Gasteiger partial charge is 0.346 e. The summed E-state index contributed by atoms with van der Waals surface area (Å²) in [6, 6.07) is 5.47. The molecular formula is C11H6N4O4. The van der Waals surface area contributed by atoms with Gasteiger partial charge in [-0.1, -0.05) is 0 Å². The van der Waals surface area contributed by atoms with E-state index in [4.69, 9.17) is 0 Å². The second kappa shape index (κ2) is 3.73.